The van der Waals surface area contributed by atoms with Crippen LogP contribution in [-0.4, -0.2) is 43.2 Å². The molecule has 0 aliphatic heterocycles. The van der Waals surface area contributed by atoms with Crippen LogP contribution in [0, 0.1) is 17.6 Å². The van der Waals surface area contributed by atoms with Crippen LogP contribution in [0.5, 0.6) is 5.75 Å². The van der Waals surface area contributed by atoms with Gasteiger partial charge in [-0.1, -0.05) is 12.1 Å². The number of rotatable bonds is 6. The number of methoxy groups -OCH3 is 1. The van der Waals surface area contributed by atoms with Crippen LogP contribution in [0.1, 0.15) is 29.0 Å². The summed E-state index contributed by atoms with van der Waals surface area (Å²) in [5.41, 5.74) is 2.51. The van der Waals surface area contributed by atoms with Crippen molar-refractivity contribution in [2.24, 2.45) is 5.92 Å². The van der Waals surface area contributed by atoms with Gasteiger partial charge in [-0.15, -0.1) is 0 Å². The number of hydrogen-bond acceptors (Lipinski definition) is 3. The lowest BCUT2D eigenvalue weighted by molar-refractivity contribution is -0.138. The Morgan fingerprint density at radius 3 is 2.63 bits per heavy atom. The molecule has 0 saturated carbocycles. The second-order valence-corrected chi connectivity index (χ2v) is 7.10. The number of halogens is 2. The number of carboxylic acids is 1. The van der Waals surface area contributed by atoms with Gasteiger partial charge in [0.05, 0.1) is 13.7 Å². The number of nitrogens with zero attached hydrogens (tertiary/aromatic N) is 1. The lowest BCUT2D eigenvalue weighted by atomic mass is 9.71. The molecular formula is C21H23F2NO3. The molecule has 1 aliphatic rings. The Morgan fingerprint density at radius 1 is 1.22 bits per heavy atom. The van der Waals surface area contributed by atoms with Gasteiger partial charge in [0.1, 0.15) is 17.4 Å². The summed E-state index contributed by atoms with van der Waals surface area (Å²) in [4.78, 5) is 12.7. The number of fused-ring (bicyclic) bond motifs is 1. The summed E-state index contributed by atoms with van der Waals surface area (Å²) in [5, 5.41) is 9.03. The SMILES string of the molecule is COc1ccc2c(c1)CC[C@H](CN(C)CC(=O)O)[C@@H]2c1ccc(F)cc1F. The van der Waals surface area contributed by atoms with E-state index in [0.29, 0.717) is 12.1 Å². The first-order valence-corrected chi connectivity index (χ1v) is 8.91. The molecule has 0 fully saturated rings. The topological polar surface area (TPSA) is 49.8 Å². The van der Waals surface area contributed by atoms with Crippen molar-refractivity contribution >= 4 is 5.97 Å². The monoisotopic (exact) mass is 375 g/mol. The number of benzene rings is 2. The van der Waals surface area contributed by atoms with Crippen molar-refractivity contribution in [1.29, 1.82) is 0 Å². The molecule has 0 amide bonds. The van der Waals surface area contributed by atoms with Crippen LogP contribution in [0.2, 0.25) is 0 Å². The van der Waals surface area contributed by atoms with Crippen molar-refractivity contribution in [2.45, 2.75) is 18.8 Å². The minimum atomic E-state index is -0.900. The maximum Gasteiger partial charge on any atom is 0.317 e. The van der Waals surface area contributed by atoms with Crippen molar-refractivity contribution in [3.8, 4) is 5.75 Å². The smallest absolute Gasteiger partial charge is 0.317 e. The van der Waals surface area contributed by atoms with Gasteiger partial charge in [0.15, 0.2) is 0 Å². The molecular weight excluding hydrogens is 352 g/mol. The zero-order valence-corrected chi connectivity index (χ0v) is 15.4. The summed E-state index contributed by atoms with van der Waals surface area (Å²) < 4.78 is 33.4. The van der Waals surface area contributed by atoms with E-state index >= 15 is 0 Å². The zero-order valence-electron chi connectivity index (χ0n) is 15.4. The predicted octanol–water partition coefficient (Wildman–Crippen LogP) is 3.68. The Labute approximate surface area is 157 Å². The minimum Gasteiger partial charge on any atom is -0.497 e. The molecule has 0 unspecified atom stereocenters. The summed E-state index contributed by atoms with van der Waals surface area (Å²) in [6.07, 6.45) is 1.59. The highest BCUT2D eigenvalue weighted by atomic mass is 19.1. The van der Waals surface area contributed by atoms with Crippen LogP contribution in [0.25, 0.3) is 0 Å². The molecule has 144 valence electrons. The highest BCUT2D eigenvalue weighted by Gasteiger charge is 2.33. The van der Waals surface area contributed by atoms with E-state index in [2.05, 4.69) is 0 Å². The second kappa shape index (κ2) is 8.05. The third-order valence-electron chi connectivity index (χ3n) is 5.19. The molecule has 6 heteroatoms. The molecule has 2 atom stereocenters. The van der Waals surface area contributed by atoms with Gasteiger partial charge in [0.25, 0.3) is 0 Å². The normalized spacial score (nSPS) is 19.0. The van der Waals surface area contributed by atoms with E-state index < -0.39 is 17.6 Å². The van der Waals surface area contributed by atoms with E-state index in [4.69, 9.17) is 9.84 Å². The van der Waals surface area contributed by atoms with Gasteiger partial charge in [-0.2, -0.15) is 0 Å². The van der Waals surface area contributed by atoms with Gasteiger partial charge < -0.3 is 9.84 Å². The molecule has 2 aromatic carbocycles. The number of carbonyl (C=O) groups is 1. The van der Waals surface area contributed by atoms with Crippen LogP contribution >= 0.6 is 0 Å². The first-order chi connectivity index (χ1) is 12.9. The summed E-state index contributed by atoms with van der Waals surface area (Å²) in [7, 11) is 3.35. The number of carboxylic acid groups (broad SMARTS) is 1. The number of likely N-dealkylation sites (N-methyl/N-ethyl adjacent to an activating group) is 1. The van der Waals surface area contributed by atoms with E-state index in [1.165, 1.54) is 12.1 Å². The maximum absolute atomic E-state index is 14.6. The van der Waals surface area contributed by atoms with Gasteiger partial charge in [-0.3, -0.25) is 9.69 Å². The van der Waals surface area contributed by atoms with Crippen LogP contribution < -0.4 is 4.74 Å². The van der Waals surface area contributed by atoms with Crippen LogP contribution in [0.15, 0.2) is 36.4 Å². The van der Waals surface area contributed by atoms with Gasteiger partial charge in [0.2, 0.25) is 0 Å². The quantitative estimate of drug-likeness (QED) is 0.837. The zero-order chi connectivity index (χ0) is 19.6. The molecule has 2 aromatic rings. The molecule has 27 heavy (non-hydrogen) atoms. The summed E-state index contributed by atoms with van der Waals surface area (Å²) in [5.74, 6) is -1.58. The molecule has 0 aromatic heterocycles. The highest BCUT2D eigenvalue weighted by molar-refractivity contribution is 5.69. The number of aliphatic carboxylic acids is 1. The van der Waals surface area contributed by atoms with Crippen molar-refractivity contribution in [2.75, 3.05) is 27.2 Å². The fourth-order valence-corrected chi connectivity index (χ4v) is 4.06. The largest absolute Gasteiger partial charge is 0.497 e. The standard InChI is InChI=1S/C21H23F2NO3/c1-24(12-20(25)26)11-14-4-3-13-9-16(27-2)6-8-17(13)21(14)18-7-5-15(22)10-19(18)23/h5-10,14,21H,3-4,11-12H2,1-2H3,(H,25,26)/t14-,21+/m1/s1. The van der Waals surface area contributed by atoms with Gasteiger partial charge in [0, 0.05) is 18.5 Å². The van der Waals surface area contributed by atoms with E-state index in [0.717, 1.165) is 35.8 Å². The molecule has 0 saturated heterocycles. The molecule has 0 heterocycles. The highest BCUT2D eigenvalue weighted by Crippen LogP contribution is 2.43. The molecule has 3 rings (SSSR count). The van der Waals surface area contributed by atoms with Gasteiger partial charge in [-0.05, 0) is 60.7 Å². The fraction of sp³-hybridized carbons (Fsp3) is 0.381. The van der Waals surface area contributed by atoms with E-state index in [9.17, 15) is 13.6 Å². The number of hydrogen-bond donors (Lipinski definition) is 1. The Balaban J connectivity index is 2.01. The molecule has 1 N–H and O–H groups in total. The van der Waals surface area contributed by atoms with E-state index in [1.54, 1.807) is 19.1 Å². The second-order valence-electron chi connectivity index (χ2n) is 7.10. The molecule has 4 nitrogen and oxygen atoms in total. The molecule has 0 spiro atoms. The Bertz CT molecular complexity index is 840. The molecule has 0 bridgehead atoms. The van der Waals surface area contributed by atoms with Crippen LogP contribution in [0.4, 0.5) is 8.78 Å². The van der Waals surface area contributed by atoms with Gasteiger partial charge >= 0.3 is 5.97 Å². The average Bonchev–Trinajstić information content (AvgIpc) is 2.61. The minimum absolute atomic E-state index is 0.0233. The maximum atomic E-state index is 14.6. The summed E-state index contributed by atoms with van der Waals surface area (Å²) in [6.45, 7) is 0.434. The van der Waals surface area contributed by atoms with Crippen molar-refractivity contribution in [1.82, 2.24) is 4.90 Å². The molecule has 0 radical (unpaired) electrons. The van der Waals surface area contributed by atoms with Crippen molar-refractivity contribution < 1.29 is 23.4 Å². The summed E-state index contributed by atoms with van der Waals surface area (Å²) in [6, 6.07) is 9.42. The third kappa shape index (κ3) is 4.27. The molecule has 1 aliphatic carbocycles. The average molecular weight is 375 g/mol. The van der Waals surface area contributed by atoms with E-state index in [1.807, 2.05) is 18.2 Å². The first-order valence-electron chi connectivity index (χ1n) is 8.91. The predicted molar refractivity (Wildman–Crippen MR) is 98.1 cm³/mol. The Hall–Kier alpha value is -2.47. The van der Waals surface area contributed by atoms with Crippen LogP contribution in [-0.2, 0) is 11.2 Å². The number of aryl methyl sites for hydroxylation is 1. The van der Waals surface area contributed by atoms with Crippen molar-refractivity contribution in [3.05, 3.63) is 64.7 Å². The Kier molecular flexibility index (Phi) is 5.75. The lowest BCUT2D eigenvalue weighted by Gasteiger charge is -2.36. The van der Waals surface area contributed by atoms with Crippen LogP contribution in [0.3, 0.4) is 0 Å². The first kappa shape index (κ1) is 19.3. The third-order valence-corrected chi connectivity index (χ3v) is 5.19. The Morgan fingerprint density at radius 2 is 1.96 bits per heavy atom. The van der Waals surface area contributed by atoms with E-state index in [-0.39, 0.29) is 18.4 Å². The fourth-order valence-electron chi connectivity index (χ4n) is 4.06. The lowest BCUT2D eigenvalue weighted by Crippen LogP contribution is -2.35. The van der Waals surface area contributed by atoms with Gasteiger partial charge in [-0.25, -0.2) is 8.78 Å². The number of ether oxygens (including phenoxy) is 1. The summed E-state index contributed by atoms with van der Waals surface area (Å²) >= 11 is 0. The van der Waals surface area contributed by atoms with Crippen molar-refractivity contribution in [3.63, 3.8) is 0 Å².